The monoisotopic (exact) mass is 1980 g/mol. The number of carbonyl (C=O) groups excluding carboxylic acids is 1. The van der Waals surface area contributed by atoms with E-state index in [2.05, 4.69) is 70.0 Å². The second-order valence-corrected chi connectivity index (χ2v) is 43.3. The van der Waals surface area contributed by atoms with Crippen molar-refractivity contribution in [1.82, 2.24) is 49.4 Å². The molecule has 16 aromatic rings. The third-order valence-corrected chi connectivity index (χ3v) is 35.0. The van der Waals surface area contributed by atoms with E-state index in [0.29, 0.717) is 81.6 Å². The largest absolute Gasteiger partial charge is 0.491 e. The number of methoxy groups -OCH3 is 1. The van der Waals surface area contributed by atoms with Crippen molar-refractivity contribution >= 4 is 209 Å². The highest BCUT2D eigenvalue weighted by Gasteiger charge is 2.32. The molecule has 38 heteroatoms. The third-order valence-electron chi connectivity index (χ3n) is 19.9. The van der Waals surface area contributed by atoms with Crippen LogP contribution in [-0.2, 0) is 64.6 Å². The van der Waals surface area contributed by atoms with Gasteiger partial charge in [-0.2, -0.15) is 0 Å². The van der Waals surface area contributed by atoms with Gasteiger partial charge in [-0.1, -0.05) is 119 Å². The van der Waals surface area contributed by atoms with Crippen LogP contribution in [0.1, 0.15) is 133 Å². The molecule has 0 spiro atoms. The minimum absolute atomic E-state index is 0. The number of carboxylic acids is 1. The van der Waals surface area contributed by atoms with E-state index in [4.69, 9.17) is 72.3 Å². The van der Waals surface area contributed by atoms with Crippen molar-refractivity contribution in [3.63, 3.8) is 0 Å². The Morgan fingerprint density at radius 3 is 1.02 bits per heavy atom. The first-order valence-electron chi connectivity index (χ1n) is 40.4. The van der Waals surface area contributed by atoms with Crippen molar-refractivity contribution in [3.05, 3.63) is 155 Å². The molecule has 4 atom stereocenters. The molecule has 1 fully saturated rings. The molecule has 1 aliphatic carbocycles. The molecule has 0 bridgehead atoms. The molecule has 10 N–H and O–H groups in total. The normalized spacial score (nSPS) is 12.5. The highest BCUT2D eigenvalue weighted by atomic mass is 32.2. The second kappa shape index (κ2) is 47.8. The number of hydrogen-bond acceptors (Lipinski definition) is 32. The number of hydrogen-bond donors (Lipinski definition) is 6. The number of nitrogens with zero attached hydrogens (tertiary/aromatic N) is 10. The molecule has 0 radical (unpaired) electrons. The lowest BCUT2D eigenvalue weighted by atomic mass is 10.0. The van der Waals surface area contributed by atoms with Crippen LogP contribution < -0.4 is 37.1 Å². The summed E-state index contributed by atoms with van der Waals surface area (Å²) in [6.07, 6.45) is 18.8. The lowest BCUT2D eigenvalue weighted by Gasteiger charge is -2.09. The molecule has 0 aliphatic heterocycles. The Morgan fingerprint density at radius 2 is 0.746 bits per heavy atom. The number of ether oxygens (including phenoxy) is 4. The number of anilines is 4. The first kappa shape index (κ1) is 102. The van der Waals surface area contributed by atoms with Crippen molar-refractivity contribution in [2.24, 2.45) is 7.05 Å². The molecule has 13 heterocycles. The number of aromatic nitrogens is 10. The molecule has 26 nitrogen and oxygen atoms in total. The lowest BCUT2D eigenvalue weighted by Crippen LogP contribution is -2.12. The Balaban J connectivity index is 0.000000178. The molecular weight excluding hydrogens is 1880 g/mol. The number of aliphatic hydroxyl groups excluding tert-OH is 1. The fourth-order valence-electron chi connectivity index (χ4n) is 13.4. The van der Waals surface area contributed by atoms with Gasteiger partial charge in [0.1, 0.15) is 109 Å². The number of unbranched alkanes of at least 4 members (excludes halogenated alkanes) is 4. The summed E-state index contributed by atoms with van der Waals surface area (Å²) in [6, 6.07) is 30.1. The van der Waals surface area contributed by atoms with Crippen molar-refractivity contribution in [2.45, 2.75) is 144 Å². The number of carbonyl (C=O) groups is 2. The number of esters is 1. The highest BCUT2D eigenvalue weighted by Crippen LogP contribution is 2.50. The fraction of sp³-hybridized carbons (Fsp3) is 0.315. The van der Waals surface area contributed by atoms with Crippen LogP contribution in [0.2, 0.25) is 0 Å². The SMILES string of the molecule is C.C.C.C.CCCCS(=O)c1sc2nc(-c3nccs3)cc(-c3ccc(OCC(=O)O)cc3)c2c1N.CCCCS(=O)c1sc2nc(-c3nccs3)cc(-c3ccc(OCC(=O)OC)cc3)c2c1N.CCCCS(=O)c1sc2nc(-c3nccs3)cc(-c3ccc(OCCO)cc3)c2c1N.CCCCS(=O)c1sc2nc(-c3nccs3)cc(-c3cnc(C4CC4)n3C)c2c1N. The van der Waals surface area contributed by atoms with E-state index in [1.807, 2.05) is 94.4 Å². The summed E-state index contributed by atoms with van der Waals surface area (Å²) in [5.74, 6) is 4.25. The smallest absolute Gasteiger partial charge is 0.343 e. The minimum Gasteiger partial charge on any atom is -0.491 e. The number of benzene rings is 3. The van der Waals surface area contributed by atoms with Gasteiger partial charge < -0.3 is 56.7 Å². The maximum absolute atomic E-state index is 12.9. The predicted molar refractivity (Wildman–Crippen MR) is 546 cm³/mol. The number of rotatable bonds is 34. The Kier molecular flexibility index (Phi) is 37.6. The predicted octanol–water partition coefficient (Wildman–Crippen LogP) is 22.8. The topological polar surface area (TPSA) is 405 Å². The van der Waals surface area contributed by atoms with E-state index in [0.717, 1.165) is 190 Å². The summed E-state index contributed by atoms with van der Waals surface area (Å²) in [7, 11) is -1.23. The number of thiazole rings is 4. The van der Waals surface area contributed by atoms with Crippen molar-refractivity contribution < 1.29 is 55.6 Å². The van der Waals surface area contributed by atoms with E-state index < -0.39 is 61.7 Å². The lowest BCUT2D eigenvalue weighted by molar-refractivity contribution is -0.143. The summed E-state index contributed by atoms with van der Waals surface area (Å²) < 4.78 is 77.2. The van der Waals surface area contributed by atoms with Gasteiger partial charge in [-0.25, -0.2) is 54.4 Å². The van der Waals surface area contributed by atoms with Crippen molar-refractivity contribution in [3.8, 4) is 105 Å². The quantitative estimate of drug-likeness (QED) is 0.0204. The average Bonchev–Trinajstić information content (AvgIpc) is 1.59. The van der Waals surface area contributed by atoms with Crippen molar-refractivity contribution in [2.75, 3.05) is 79.5 Å². The van der Waals surface area contributed by atoms with E-state index in [1.165, 1.54) is 99.3 Å². The maximum atomic E-state index is 12.9. The number of pyridine rings is 4. The average molecular weight is 1980 g/mol. The van der Waals surface area contributed by atoms with Gasteiger partial charge in [-0.3, -0.25) is 16.8 Å². The summed E-state index contributed by atoms with van der Waals surface area (Å²) in [5.41, 5.74) is 38.7. The molecule has 17 rings (SSSR count). The number of nitrogen functional groups attached to an aromatic ring is 4. The second-order valence-electron chi connectivity index (χ2n) is 28.6. The van der Waals surface area contributed by atoms with Gasteiger partial charge in [0.2, 0.25) is 0 Å². The minimum atomic E-state index is -1.18. The van der Waals surface area contributed by atoms with Gasteiger partial charge in [0.05, 0.1) is 91.6 Å². The molecule has 0 saturated heterocycles. The van der Waals surface area contributed by atoms with E-state index in [1.54, 1.807) is 60.4 Å². The third kappa shape index (κ3) is 23.9. The van der Waals surface area contributed by atoms with E-state index >= 15 is 0 Å². The van der Waals surface area contributed by atoms with Crippen LogP contribution in [0.4, 0.5) is 22.7 Å². The maximum Gasteiger partial charge on any atom is 0.343 e. The van der Waals surface area contributed by atoms with Gasteiger partial charge in [0.25, 0.3) is 0 Å². The molecule has 1 aliphatic rings. The van der Waals surface area contributed by atoms with Crippen LogP contribution in [0, 0.1) is 0 Å². The summed E-state index contributed by atoms with van der Waals surface area (Å²) in [4.78, 5) is 66.7. The summed E-state index contributed by atoms with van der Waals surface area (Å²) in [6.45, 7) is 7.97. The highest BCUT2D eigenvalue weighted by molar-refractivity contribution is 7.88. The number of carboxylic acid groups (broad SMARTS) is 1. The van der Waals surface area contributed by atoms with Crippen molar-refractivity contribution in [1.29, 1.82) is 0 Å². The Hall–Kier alpha value is -10.1. The number of thiophene rings is 4. The summed E-state index contributed by atoms with van der Waals surface area (Å²) >= 11 is 11.7. The van der Waals surface area contributed by atoms with E-state index in [9.17, 15) is 26.4 Å². The zero-order valence-electron chi connectivity index (χ0n) is 69.4. The van der Waals surface area contributed by atoms with Crippen LogP contribution in [0.5, 0.6) is 17.2 Å². The number of fused-ring (bicyclic) bond motifs is 4. The van der Waals surface area contributed by atoms with Crippen LogP contribution in [-0.4, -0.2) is 145 Å². The van der Waals surface area contributed by atoms with Crippen LogP contribution >= 0.6 is 90.7 Å². The first-order chi connectivity index (χ1) is 61.2. The molecular formula is C92H106N14O12S12. The van der Waals surface area contributed by atoms with Gasteiger partial charge in [-0.15, -0.1) is 90.7 Å². The Bertz CT molecular complexity index is 6550. The zero-order chi connectivity index (χ0) is 88.7. The Morgan fingerprint density at radius 1 is 0.446 bits per heavy atom. The van der Waals surface area contributed by atoms with Gasteiger partial charge >= 0.3 is 11.9 Å². The molecule has 0 amide bonds. The molecule has 13 aromatic heterocycles. The van der Waals surface area contributed by atoms with E-state index in [-0.39, 0.29) is 49.5 Å². The first-order valence-corrected chi connectivity index (χ1v) is 52.4. The number of imidazole rings is 1. The van der Waals surface area contributed by atoms with Gasteiger partial charge in [0.15, 0.2) is 13.2 Å². The zero-order valence-corrected chi connectivity index (χ0v) is 79.2. The molecule has 4 unspecified atom stereocenters. The fourth-order valence-corrected chi connectivity index (χ4v) is 26.9. The Labute approximate surface area is 798 Å². The standard InChI is InChI=1S/C23H23N3O4S3.C22H21N3O4S3.C22H23N3O3S3.C21H23N5OS3.4CH4/c1-3-4-11-33(28)23-20(24)19-16(12-17(26-22(19)32-23)21-25-9-10-31-21)14-5-7-15(8-6-14)30-13-18(27)29-2;1-2-3-10-32(28)22-19(23)18-15(13-4-6-14(7-5-13)29-12-17(26)27)11-16(25-21(18)31-22)20-24-8-9-30-20;1-2-3-12-31(27)22-19(23)18-16(14-4-6-15(7-5-14)28-10-9-26)13-17(25-21(18)30-22)20-24-8-11-29-20;1-3-4-9-30(27)21-17(22)16-13(15-11-24-18(26(15)2)12-5-6-12)10-14(25-20(16)29-21)19-23-7-8-28-19;;;;/h5-10,12H,3-4,11,13,24H2,1-2H3;4-9,11H,2-3,10,12,23H2,1H3,(H,26,27);4-8,11,13,26H,2-3,9-10,12,23H2,1H3;7-8,10-12H,3-6,9,22H2,1-2H3;4*1H4. The number of nitrogens with two attached hydrogens (primary N) is 4. The molecule has 1 saturated carbocycles. The van der Waals surface area contributed by atoms with Gasteiger partial charge in [-0.05, 0) is 133 Å². The molecule has 3 aromatic carbocycles. The van der Waals surface area contributed by atoms with Crippen LogP contribution in [0.3, 0.4) is 0 Å². The van der Waals surface area contributed by atoms with Gasteiger partial charge in [0, 0.05) is 109 Å². The number of aliphatic carboxylic acids is 1. The molecule has 130 heavy (non-hydrogen) atoms. The molecule has 688 valence electrons. The van der Waals surface area contributed by atoms with Crippen LogP contribution in [0.15, 0.2) is 166 Å². The summed E-state index contributed by atoms with van der Waals surface area (Å²) in [5, 5.41) is 32.0. The van der Waals surface area contributed by atoms with Crippen LogP contribution in [0.25, 0.3) is 128 Å². The number of aliphatic hydroxyl groups is 1.